The van der Waals surface area contributed by atoms with Gasteiger partial charge in [0.2, 0.25) is 0 Å². The number of nitriles is 1. The molecule has 0 aromatic heterocycles. The molecule has 20 heavy (non-hydrogen) atoms. The number of hydrogen-bond donors (Lipinski definition) is 2. The van der Waals surface area contributed by atoms with Crippen LogP contribution in [0.15, 0.2) is 24.3 Å². The van der Waals surface area contributed by atoms with Crippen LogP contribution in [0.25, 0.3) is 0 Å². The molecule has 106 valence electrons. The van der Waals surface area contributed by atoms with Crippen LogP contribution in [0, 0.1) is 17.2 Å². The molecule has 1 aromatic rings. The highest BCUT2D eigenvalue weighted by Crippen LogP contribution is 2.26. The third-order valence-electron chi connectivity index (χ3n) is 3.46. The first-order chi connectivity index (χ1) is 9.60. The number of benzene rings is 1. The second-order valence-electron chi connectivity index (χ2n) is 5.10. The maximum Gasteiger partial charge on any atom is 0.260 e. The van der Waals surface area contributed by atoms with Crippen LogP contribution in [0.1, 0.15) is 25.3 Å². The summed E-state index contributed by atoms with van der Waals surface area (Å²) in [6.45, 7) is 2.21. The summed E-state index contributed by atoms with van der Waals surface area (Å²) in [4.78, 5) is 11.9. The zero-order valence-electron chi connectivity index (χ0n) is 11.4. The molecule has 0 radical (unpaired) electrons. The van der Waals surface area contributed by atoms with E-state index < -0.39 is 6.10 Å². The summed E-state index contributed by atoms with van der Waals surface area (Å²) in [5.74, 6) is 0.559. The van der Waals surface area contributed by atoms with Gasteiger partial charge in [0.1, 0.15) is 11.8 Å². The fourth-order valence-electron chi connectivity index (χ4n) is 2.16. The first-order valence-corrected chi connectivity index (χ1v) is 6.71. The average molecular weight is 274 g/mol. The number of hydrogen-bond acceptors (Lipinski definition) is 4. The number of para-hydroxylation sites is 1. The molecular weight excluding hydrogens is 256 g/mol. The molecule has 0 spiro atoms. The first kappa shape index (κ1) is 14.4. The van der Waals surface area contributed by atoms with Crippen molar-refractivity contribution in [2.75, 3.05) is 6.54 Å². The molecule has 1 saturated carbocycles. The topological polar surface area (TPSA) is 82.3 Å². The van der Waals surface area contributed by atoms with E-state index in [1.54, 1.807) is 31.2 Å². The molecule has 1 atom stereocenters. The molecule has 0 heterocycles. The van der Waals surface area contributed by atoms with E-state index in [0.717, 1.165) is 12.8 Å². The van der Waals surface area contributed by atoms with Gasteiger partial charge in [0, 0.05) is 6.54 Å². The van der Waals surface area contributed by atoms with Gasteiger partial charge >= 0.3 is 0 Å². The SMILES string of the molecule is CC(Oc1ccccc1C#N)C(=O)NCC1CC(O)C1. The van der Waals surface area contributed by atoms with E-state index in [9.17, 15) is 9.90 Å². The second-order valence-corrected chi connectivity index (χ2v) is 5.10. The minimum atomic E-state index is -0.658. The van der Waals surface area contributed by atoms with Crippen molar-refractivity contribution in [2.24, 2.45) is 5.92 Å². The maximum absolute atomic E-state index is 11.9. The molecule has 0 saturated heterocycles. The van der Waals surface area contributed by atoms with Gasteiger partial charge in [-0.2, -0.15) is 5.26 Å². The quantitative estimate of drug-likeness (QED) is 0.845. The van der Waals surface area contributed by atoms with Crippen LogP contribution in [0.4, 0.5) is 0 Å². The lowest BCUT2D eigenvalue weighted by Crippen LogP contribution is -2.42. The smallest absolute Gasteiger partial charge is 0.260 e. The van der Waals surface area contributed by atoms with Crippen molar-refractivity contribution in [2.45, 2.75) is 32.0 Å². The summed E-state index contributed by atoms with van der Waals surface area (Å²) >= 11 is 0. The van der Waals surface area contributed by atoms with E-state index in [4.69, 9.17) is 10.00 Å². The molecule has 1 unspecified atom stereocenters. The first-order valence-electron chi connectivity index (χ1n) is 6.71. The molecule has 5 nitrogen and oxygen atoms in total. The highest BCUT2D eigenvalue weighted by Gasteiger charge is 2.28. The lowest BCUT2D eigenvalue weighted by molar-refractivity contribution is -0.127. The Hall–Kier alpha value is -2.06. The summed E-state index contributed by atoms with van der Waals surface area (Å²) in [6.07, 6.45) is 0.613. The largest absolute Gasteiger partial charge is 0.480 e. The van der Waals surface area contributed by atoms with E-state index in [-0.39, 0.29) is 12.0 Å². The van der Waals surface area contributed by atoms with Gasteiger partial charge in [-0.15, -0.1) is 0 Å². The Morgan fingerprint density at radius 3 is 2.90 bits per heavy atom. The van der Waals surface area contributed by atoms with Gasteiger partial charge in [-0.25, -0.2) is 0 Å². The van der Waals surface area contributed by atoms with Crippen molar-refractivity contribution in [3.05, 3.63) is 29.8 Å². The number of ether oxygens (including phenoxy) is 1. The van der Waals surface area contributed by atoms with Crippen molar-refractivity contribution >= 4 is 5.91 Å². The molecule has 1 fully saturated rings. The molecule has 0 bridgehead atoms. The zero-order valence-corrected chi connectivity index (χ0v) is 11.4. The van der Waals surface area contributed by atoms with E-state index in [1.807, 2.05) is 6.07 Å². The molecule has 0 aliphatic heterocycles. The summed E-state index contributed by atoms with van der Waals surface area (Å²) in [7, 11) is 0. The van der Waals surface area contributed by atoms with Gasteiger partial charge in [0.05, 0.1) is 11.7 Å². The fraction of sp³-hybridized carbons (Fsp3) is 0.467. The molecule has 1 amide bonds. The lowest BCUT2D eigenvalue weighted by Gasteiger charge is -2.31. The third kappa shape index (κ3) is 3.49. The van der Waals surface area contributed by atoms with E-state index >= 15 is 0 Å². The van der Waals surface area contributed by atoms with Crippen LogP contribution in [0.3, 0.4) is 0 Å². The van der Waals surface area contributed by atoms with Crippen LogP contribution in [-0.4, -0.2) is 29.8 Å². The van der Waals surface area contributed by atoms with Crippen LogP contribution in [-0.2, 0) is 4.79 Å². The van der Waals surface area contributed by atoms with Crippen LogP contribution in [0.2, 0.25) is 0 Å². The summed E-state index contributed by atoms with van der Waals surface area (Å²) in [5, 5.41) is 20.9. The Morgan fingerprint density at radius 2 is 2.25 bits per heavy atom. The average Bonchev–Trinajstić information content (AvgIpc) is 2.42. The van der Waals surface area contributed by atoms with Crippen LogP contribution in [0.5, 0.6) is 5.75 Å². The molecule has 1 aromatic carbocycles. The van der Waals surface area contributed by atoms with Gasteiger partial charge < -0.3 is 15.2 Å². The number of amides is 1. The highest BCUT2D eigenvalue weighted by molar-refractivity contribution is 5.80. The van der Waals surface area contributed by atoms with E-state index in [2.05, 4.69) is 5.32 Å². The van der Waals surface area contributed by atoms with E-state index in [1.165, 1.54) is 0 Å². The van der Waals surface area contributed by atoms with E-state index in [0.29, 0.717) is 23.8 Å². The Kier molecular flexibility index (Phi) is 4.59. The second kappa shape index (κ2) is 6.40. The standard InChI is InChI=1S/C15H18N2O3/c1-10(15(19)17-9-11-6-13(18)7-11)20-14-5-3-2-4-12(14)8-16/h2-5,10-11,13,18H,6-7,9H2,1H3,(H,17,19). The predicted molar refractivity (Wildman–Crippen MR) is 73.0 cm³/mol. The van der Waals surface area contributed by atoms with Crippen molar-refractivity contribution in [3.8, 4) is 11.8 Å². The monoisotopic (exact) mass is 274 g/mol. The summed E-state index contributed by atoms with van der Waals surface area (Å²) in [5.41, 5.74) is 0.411. The van der Waals surface area contributed by atoms with Gasteiger partial charge in [-0.3, -0.25) is 4.79 Å². The van der Waals surface area contributed by atoms with Crippen LogP contribution >= 0.6 is 0 Å². The summed E-state index contributed by atoms with van der Waals surface area (Å²) < 4.78 is 5.52. The number of aliphatic hydroxyl groups excluding tert-OH is 1. The zero-order chi connectivity index (χ0) is 14.5. The van der Waals surface area contributed by atoms with Crippen LogP contribution < -0.4 is 10.1 Å². The Bertz CT molecular complexity index is 518. The number of nitrogens with zero attached hydrogens (tertiary/aromatic N) is 1. The third-order valence-corrected chi connectivity index (χ3v) is 3.46. The minimum absolute atomic E-state index is 0.209. The number of carbonyl (C=O) groups excluding carboxylic acids is 1. The number of rotatable bonds is 5. The minimum Gasteiger partial charge on any atom is -0.480 e. The van der Waals surface area contributed by atoms with Crippen molar-refractivity contribution in [3.63, 3.8) is 0 Å². The van der Waals surface area contributed by atoms with Gasteiger partial charge in [-0.05, 0) is 37.8 Å². The summed E-state index contributed by atoms with van der Waals surface area (Å²) in [6, 6.07) is 8.86. The fourth-order valence-corrected chi connectivity index (χ4v) is 2.16. The predicted octanol–water partition coefficient (Wildman–Crippen LogP) is 1.21. The lowest BCUT2D eigenvalue weighted by atomic mass is 9.82. The van der Waals surface area contributed by atoms with Gasteiger partial charge in [0.25, 0.3) is 5.91 Å². The molecule has 1 aliphatic rings. The van der Waals surface area contributed by atoms with Crippen molar-refractivity contribution in [1.29, 1.82) is 5.26 Å². The number of carbonyl (C=O) groups is 1. The highest BCUT2D eigenvalue weighted by atomic mass is 16.5. The van der Waals surface area contributed by atoms with Gasteiger partial charge in [-0.1, -0.05) is 12.1 Å². The Morgan fingerprint density at radius 1 is 1.55 bits per heavy atom. The Labute approximate surface area is 118 Å². The molecule has 5 heteroatoms. The molecular formula is C15H18N2O3. The number of nitrogens with one attached hydrogen (secondary N) is 1. The molecule has 2 rings (SSSR count). The van der Waals surface area contributed by atoms with Crippen molar-refractivity contribution < 1.29 is 14.6 Å². The maximum atomic E-state index is 11.9. The Balaban J connectivity index is 1.83. The molecule has 1 aliphatic carbocycles. The van der Waals surface area contributed by atoms with Gasteiger partial charge in [0.15, 0.2) is 6.10 Å². The van der Waals surface area contributed by atoms with Crippen molar-refractivity contribution in [1.82, 2.24) is 5.32 Å². The number of aliphatic hydroxyl groups is 1. The normalized spacial score (nSPS) is 22.2. The molecule has 2 N–H and O–H groups in total.